The minimum Gasteiger partial charge on any atom is -0.347 e. The summed E-state index contributed by atoms with van der Waals surface area (Å²) in [6.07, 6.45) is 4.64. The Bertz CT molecular complexity index is 649. The van der Waals surface area contributed by atoms with Crippen molar-refractivity contribution < 1.29 is 4.79 Å². The van der Waals surface area contributed by atoms with Crippen LogP contribution in [0.15, 0.2) is 24.3 Å². The Kier molecular flexibility index (Phi) is 5.07. The van der Waals surface area contributed by atoms with E-state index < -0.39 is 0 Å². The van der Waals surface area contributed by atoms with Crippen LogP contribution in [-0.2, 0) is 6.42 Å². The Morgan fingerprint density at radius 2 is 1.87 bits per heavy atom. The number of amides is 2. The van der Waals surface area contributed by atoms with Gasteiger partial charge in [-0.1, -0.05) is 30.4 Å². The lowest BCUT2D eigenvalue weighted by Crippen LogP contribution is -2.29. The summed E-state index contributed by atoms with van der Waals surface area (Å²) >= 11 is 1.42. The molecule has 1 aliphatic rings. The van der Waals surface area contributed by atoms with Gasteiger partial charge in [0.15, 0.2) is 0 Å². The van der Waals surface area contributed by atoms with Crippen molar-refractivity contribution >= 4 is 33.3 Å². The number of benzene rings is 1. The van der Waals surface area contributed by atoms with Gasteiger partial charge in [0.1, 0.15) is 0 Å². The number of carbonyl (C=O) groups excluding carboxylic acids is 1. The molecule has 1 aliphatic heterocycles. The van der Waals surface area contributed by atoms with Gasteiger partial charge in [-0.25, -0.2) is 4.79 Å². The first-order chi connectivity index (χ1) is 11.2. The molecule has 0 spiro atoms. The van der Waals surface area contributed by atoms with Gasteiger partial charge in [0.2, 0.25) is 10.3 Å². The van der Waals surface area contributed by atoms with Crippen LogP contribution in [-0.4, -0.2) is 29.3 Å². The van der Waals surface area contributed by atoms with E-state index in [0.717, 1.165) is 30.3 Å². The highest BCUT2D eigenvalue weighted by Crippen LogP contribution is 2.26. The smallest absolute Gasteiger partial charge is 0.325 e. The van der Waals surface area contributed by atoms with Crippen molar-refractivity contribution in [3.63, 3.8) is 0 Å². The van der Waals surface area contributed by atoms with E-state index in [1.165, 1.54) is 36.2 Å². The van der Waals surface area contributed by atoms with Crippen LogP contribution in [0.2, 0.25) is 0 Å². The predicted octanol–water partition coefficient (Wildman–Crippen LogP) is 3.73. The second-order valence-corrected chi connectivity index (χ2v) is 6.52. The highest BCUT2D eigenvalue weighted by molar-refractivity contribution is 7.19. The zero-order chi connectivity index (χ0) is 16.1. The summed E-state index contributed by atoms with van der Waals surface area (Å²) in [5, 5.41) is 15.2. The van der Waals surface area contributed by atoms with Crippen LogP contribution in [0.25, 0.3) is 0 Å². The Labute approximate surface area is 139 Å². The second kappa shape index (κ2) is 7.41. The number of hydrogen-bond donors (Lipinski definition) is 2. The van der Waals surface area contributed by atoms with Crippen molar-refractivity contribution in [3.05, 3.63) is 29.8 Å². The average Bonchev–Trinajstić information content (AvgIpc) is 3.04. The topological polar surface area (TPSA) is 70.1 Å². The van der Waals surface area contributed by atoms with Gasteiger partial charge >= 0.3 is 6.03 Å². The maximum Gasteiger partial charge on any atom is 0.325 e. The van der Waals surface area contributed by atoms with Crippen LogP contribution in [0.4, 0.5) is 20.7 Å². The standard InChI is InChI=1S/C16H21N5OS/c1-2-12-6-8-13(9-7-12)17-14(22)18-15-19-20-16(23-15)21-10-4-3-5-11-21/h6-9H,2-5,10-11H2,1H3,(H2,17,18,19,22). The number of urea groups is 1. The molecule has 0 saturated carbocycles. The van der Waals surface area contributed by atoms with Crippen molar-refractivity contribution in [2.75, 3.05) is 28.6 Å². The van der Waals surface area contributed by atoms with E-state index >= 15 is 0 Å². The lowest BCUT2D eigenvalue weighted by Gasteiger charge is -2.25. The third-order valence-electron chi connectivity index (χ3n) is 3.88. The summed E-state index contributed by atoms with van der Waals surface area (Å²) in [6.45, 7) is 4.14. The second-order valence-electron chi connectivity index (χ2n) is 5.57. The SMILES string of the molecule is CCc1ccc(NC(=O)Nc2nnc(N3CCCCC3)s2)cc1. The highest BCUT2D eigenvalue weighted by Gasteiger charge is 2.16. The molecule has 1 saturated heterocycles. The maximum atomic E-state index is 12.0. The van der Waals surface area contributed by atoms with Gasteiger partial charge in [-0.05, 0) is 43.4 Å². The summed E-state index contributed by atoms with van der Waals surface area (Å²) in [6, 6.07) is 7.52. The normalized spacial score (nSPS) is 14.6. The number of nitrogens with one attached hydrogen (secondary N) is 2. The zero-order valence-corrected chi connectivity index (χ0v) is 14.0. The third-order valence-corrected chi connectivity index (χ3v) is 4.78. The van der Waals surface area contributed by atoms with Crippen LogP contribution in [0.5, 0.6) is 0 Å². The average molecular weight is 331 g/mol. The molecular weight excluding hydrogens is 310 g/mol. The van der Waals surface area contributed by atoms with Crippen molar-refractivity contribution in [1.82, 2.24) is 10.2 Å². The zero-order valence-electron chi connectivity index (χ0n) is 13.2. The summed E-state index contributed by atoms with van der Waals surface area (Å²) in [4.78, 5) is 14.3. The fraction of sp³-hybridized carbons (Fsp3) is 0.438. The van der Waals surface area contributed by atoms with Gasteiger partial charge in [-0.15, -0.1) is 10.2 Å². The van der Waals surface area contributed by atoms with Crippen LogP contribution >= 0.6 is 11.3 Å². The molecule has 0 bridgehead atoms. The molecule has 2 N–H and O–H groups in total. The van der Waals surface area contributed by atoms with E-state index in [0.29, 0.717) is 5.13 Å². The van der Waals surface area contributed by atoms with E-state index in [2.05, 4.69) is 32.7 Å². The van der Waals surface area contributed by atoms with Crippen LogP contribution < -0.4 is 15.5 Å². The molecule has 3 rings (SSSR count). The Hall–Kier alpha value is -2.15. The molecule has 1 aromatic heterocycles. The minimum atomic E-state index is -0.296. The number of anilines is 3. The number of carbonyl (C=O) groups is 1. The van der Waals surface area contributed by atoms with Gasteiger partial charge in [0, 0.05) is 18.8 Å². The monoisotopic (exact) mass is 331 g/mol. The number of nitrogens with zero attached hydrogens (tertiary/aromatic N) is 3. The third kappa shape index (κ3) is 4.19. The minimum absolute atomic E-state index is 0.296. The van der Waals surface area contributed by atoms with Gasteiger partial charge in [0.05, 0.1) is 0 Å². The Morgan fingerprint density at radius 3 is 2.57 bits per heavy atom. The van der Waals surface area contributed by atoms with E-state index in [-0.39, 0.29) is 6.03 Å². The maximum absolute atomic E-state index is 12.0. The number of aromatic nitrogens is 2. The quantitative estimate of drug-likeness (QED) is 0.895. The fourth-order valence-electron chi connectivity index (χ4n) is 2.56. The molecule has 23 heavy (non-hydrogen) atoms. The molecule has 0 atom stereocenters. The molecule has 1 aromatic carbocycles. The first-order valence-electron chi connectivity index (χ1n) is 8.00. The molecule has 2 amide bonds. The molecule has 2 heterocycles. The molecular formula is C16H21N5OS. The van der Waals surface area contributed by atoms with Crippen molar-refractivity contribution in [2.45, 2.75) is 32.6 Å². The van der Waals surface area contributed by atoms with Gasteiger partial charge in [0.25, 0.3) is 0 Å². The van der Waals surface area contributed by atoms with Crippen LogP contribution in [0.1, 0.15) is 31.7 Å². The molecule has 122 valence electrons. The Morgan fingerprint density at radius 1 is 1.13 bits per heavy atom. The van der Waals surface area contributed by atoms with Gasteiger partial charge < -0.3 is 10.2 Å². The predicted molar refractivity (Wildman–Crippen MR) is 94.4 cm³/mol. The summed E-state index contributed by atoms with van der Waals surface area (Å²) in [7, 11) is 0. The molecule has 6 nitrogen and oxygen atoms in total. The lowest BCUT2D eigenvalue weighted by atomic mass is 10.1. The molecule has 0 unspecified atom stereocenters. The number of rotatable bonds is 4. The number of piperidine rings is 1. The van der Waals surface area contributed by atoms with Crippen molar-refractivity contribution in [1.29, 1.82) is 0 Å². The van der Waals surface area contributed by atoms with Gasteiger partial charge in [-0.3, -0.25) is 5.32 Å². The van der Waals surface area contributed by atoms with Crippen molar-refractivity contribution in [3.8, 4) is 0 Å². The first kappa shape index (κ1) is 15.7. The van der Waals surface area contributed by atoms with Crippen LogP contribution in [0.3, 0.4) is 0 Å². The number of hydrogen-bond acceptors (Lipinski definition) is 5. The molecule has 0 aliphatic carbocycles. The molecule has 0 radical (unpaired) electrons. The van der Waals surface area contributed by atoms with E-state index in [4.69, 9.17) is 0 Å². The van der Waals surface area contributed by atoms with Gasteiger partial charge in [-0.2, -0.15) is 0 Å². The Balaban J connectivity index is 1.55. The van der Waals surface area contributed by atoms with E-state index in [1.807, 2.05) is 24.3 Å². The van der Waals surface area contributed by atoms with E-state index in [1.54, 1.807) is 0 Å². The van der Waals surface area contributed by atoms with Crippen molar-refractivity contribution in [2.24, 2.45) is 0 Å². The lowest BCUT2D eigenvalue weighted by molar-refractivity contribution is 0.262. The number of aryl methyl sites for hydroxylation is 1. The molecule has 1 fully saturated rings. The fourth-order valence-corrected chi connectivity index (χ4v) is 3.35. The summed E-state index contributed by atoms with van der Waals surface area (Å²) < 4.78 is 0. The molecule has 7 heteroatoms. The van der Waals surface area contributed by atoms with E-state index in [9.17, 15) is 4.79 Å². The largest absolute Gasteiger partial charge is 0.347 e. The highest BCUT2D eigenvalue weighted by atomic mass is 32.1. The molecule has 2 aromatic rings. The summed E-state index contributed by atoms with van der Waals surface area (Å²) in [5.41, 5.74) is 2.01. The van der Waals surface area contributed by atoms with Crippen LogP contribution in [0, 0.1) is 0 Å². The summed E-state index contributed by atoms with van der Waals surface area (Å²) in [5.74, 6) is 0. The first-order valence-corrected chi connectivity index (χ1v) is 8.81.